The lowest BCUT2D eigenvalue weighted by Crippen LogP contribution is -2.60. The van der Waals surface area contributed by atoms with Gasteiger partial charge in [-0.3, -0.25) is 4.79 Å². The molecule has 9 nitrogen and oxygen atoms in total. The maximum Gasteiger partial charge on any atom is 0.186 e. The highest BCUT2D eigenvalue weighted by atomic mass is 16.8. The summed E-state index contributed by atoms with van der Waals surface area (Å²) in [5.41, 5.74) is 1.05. The fourth-order valence-corrected chi connectivity index (χ4v) is 8.50. The van der Waals surface area contributed by atoms with E-state index in [1.165, 1.54) is 0 Å². The summed E-state index contributed by atoms with van der Waals surface area (Å²) in [6, 6.07) is 0. The van der Waals surface area contributed by atoms with Gasteiger partial charge in [0, 0.05) is 24.4 Å². The first-order chi connectivity index (χ1) is 19.7. The van der Waals surface area contributed by atoms with Gasteiger partial charge in [-0.15, -0.1) is 0 Å². The highest BCUT2D eigenvalue weighted by Gasteiger charge is 2.56. The van der Waals surface area contributed by atoms with Crippen LogP contribution < -0.4 is 0 Å². The van der Waals surface area contributed by atoms with Crippen LogP contribution in [0.1, 0.15) is 80.6 Å². The molecule has 3 aliphatic rings. The van der Waals surface area contributed by atoms with Crippen molar-refractivity contribution in [3.63, 3.8) is 0 Å². The number of carbonyl (C=O) groups excluding carboxylic acids is 1. The SMILES string of the molecule is CC/C=C(\C)[C@@H](O)[C@@H](C)[C@H](C[C@H]1C(C)=C[C@H]2C[C@@H](C)C[C@@H](C)[C@@H]2[C@@]1(C)C(=O)CCO)O[13C@@H]1O[C@H](CO)[C@@H](O)[C@H](O)[C@H]1O. The van der Waals surface area contributed by atoms with E-state index in [1.54, 1.807) is 0 Å². The van der Waals surface area contributed by atoms with Gasteiger partial charge in [-0.1, -0.05) is 52.3 Å². The zero-order valence-electron chi connectivity index (χ0n) is 26.5. The Hall–Kier alpha value is -1.17. The van der Waals surface area contributed by atoms with Crippen LogP contribution in [0, 0.1) is 40.9 Å². The normalized spacial score (nSPS) is 41.5. The number of aliphatic hydroxyl groups is 6. The molecule has 1 saturated heterocycles. The molecule has 9 heteroatoms. The second-order valence-corrected chi connectivity index (χ2v) is 13.7. The van der Waals surface area contributed by atoms with Gasteiger partial charge in [-0.05, 0) is 74.7 Å². The number of fused-ring (bicyclic) bond motifs is 1. The van der Waals surface area contributed by atoms with Crippen LogP contribution in [0.25, 0.3) is 0 Å². The lowest BCUT2D eigenvalue weighted by atomic mass is 9.48. The second kappa shape index (κ2) is 14.7. The van der Waals surface area contributed by atoms with Gasteiger partial charge in [0.05, 0.1) is 18.8 Å². The molecule has 2 aliphatic carbocycles. The van der Waals surface area contributed by atoms with E-state index in [0.717, 1.165) is 30.4 Å². The lowest BCUT2D eigenvalue weighted by molar-refractivity contribution is -0.317. The monoisotopic (exact) mass is 597 g/mol. The van der Waals surface area contributed by atoms with E-state index < -0.39 is 60.9 Å². The molecule has 0 radical (unpaired) electrons. The summed E-state index contributed by atoms with van der Waals surface area (Å²) in [7, 11) is 0. The molecule has 0 unspecified atom stereocenters. The van der Waals surface area contributed by atoms with Gasteiger partial charge in [0.1, 0.15) is 30.2 Å². The molecule has 1 saturated carbocycles. The van der Waals surface area contributed by atoms with Crippen molar-refractivity contribution >= 4 is 5.78 Å². The molecule has 3 rings (SSSR count). The number of aliphatic hydroxyl groups excluding tert-OH is 6. The summed E-state index contributed by atoms with van der Waals surface area (Å²) < 4.78 is 12.1. The van der Waals surface area contributed by atoms with Crippen LogP contribution in [0.5, 0.6) is 0 Å². The van der Waals surface area contributed by atoms with Crippen molar-refractivity contribution in [2.24, 2.45) is 40.9 Å². The molecule has 42 heavy (non-hydrogen) atoms. The Morgan fingerprint density at radius 1 is 1.17 bits per heavy atom. The molecule has 0 aromatic heterocycles. The van der Waals surface area contributed by atoms with Crippen LogP contribution in [0.15, 0.2) is 23.3 Å². The largest absolute Gasteiger partial charge is 0.396 e. The van der Waals surface area contributed by atoms with Gasteiger partial charge in [0.15, 0.2) is 6.29 Å². The molecule has 0 spiro atoms. The number of Topliss-reactive ketones (excluding diaryl/α,β-unsaturated/α-hetero) is 1. The predicted octanol–water partition coefficient (Wildman–Crippen LogP) is 2.75. The first-order valence-corrected chi connectivity index (χ1v) is 15.9. The number of allylic oxidation sites excluding steroid dienone is 3. The van der Waals surface area contributed by atoms with E-state index in [2.05, 4.69) is 19.9 Å². The maximum atomic E-state index is 14.0. The third kappa shape index (κ3) is 7.04. The minimum absolute atomic E-state index is 0.0145. The first kappa shape index (κ1) is 35.3. The van der Waals surface area contributed by atoms with Crippen molar-refractivity contribution in [1.29, 1.82) is 0 Å². The van der Waals surface area contributed by atoms with Gasteiger partial charge in [-0.2, -0.15) is 0 Å². The Bertz CT molecular complexity index is 963. The minimum atomic E-state index is -1.60. The number of hydrogen-bond acceptors (Lipinski definition) is 9. The van der Waals surface area contributed by atoms with Crippen LogP contribution in [-0.2, 0) is 14.3 Å². The third-order valence-electron chi connectivity index (χ3n) is 10.6. The number of rotatable bonds is 12. The van der Waals surface area contributed by atoms with E-state index in [-0.39, 0.29) is 36.6 Å². The van der Waals surface area contributed by atoms with Crippen molar-refractivity contribution in [3.8, 4) is 0 Å². The van der Waals surface area contributed by atoms with Crippen molar-refractivity contribution in [2.75, 3.05) is 13.2 Å². The van der Waals surface area contributed by atoms with E-state index in [9.17, 15) is 35.4 Å². The molecular formula is C33H56O9. The molecule has 0 aromatic carbocycles. The predicted molar refractivity (Wildman–Crippen MR) is 159 cm³/mol. The van der Waals surface area contributed by atoms with Crippen molar-refractivity contribution in [2.45, 2.75) is 123 Å². The molecule has 1 aliphatic heterocycles. The Morgan fingerprint density at radius 3 is 2.43 bits per heavy atom. The average molecular weight is 598 g/mol. The van der Waals surface area contributed by atoms with Crippen molar-refractivity contribution < 1.29 is 44.9 Å². The number of hydrogen-bond donors (Lipinski definition) is 6. The van der Waals surface area contributed by atoms with Gasteiger partial charge in [0.25, 0.3) is 0 Å². The summed E-state index contributed by atoms with van der Waals surface area (Å²) >= 11 is 0. The standard InChI is InChI=1S/C33H56O9/c1-8-9-18(3)28(37)21(6)24(41-32-31(40)30(39)29(38)25(16-35)42-32)15-23-19(4)14-22-13-17(2)12-20(5)27(22)33(23,7)26(36)10-11-34/h9,14,17,20-25,27-32,34-35,37-40H,8,10-13,15-16H2,1-7H3/b18-9+/t17-,20+,21-,22+,23-,24-,25+,27-,28+,29+,30-,31+,32+,33+/m0/s1/i32+1. The Balaban J connectivity index is 2.06. The Morgan fingerprint density at radius 2 is 1.83 bits per heavy atom. The zero-order valence-corrected chi connectivity index (χ0v) is 26.5. The maximum absolute atomic E-state index is 14.0. The molecule has 14 atom stereocenters. The lowest BCUT2D eigenvalue weighted by Gasteiger charge is -2.55. The van der Waals surface area contributed by atoms with Gasteiger partial charge >= 0.3 is 0 Å². The number of ether oxygens (including phenoxy) is 2. The van der Waals surface area contributed by atoms with Crippen molar-refractivity contribution in [3.05, 3.63) is 23.3 Å². The van der Waals surface area contributed by atoms with Gasteiger partial charge in [-0.25, -0.2) is 0 Å². The quantitative estimate of drug-likeness (QED) is 0.147. The van der Waals surface area contributed by atoms with E-state index in [0.29, 0.717) is 18.3 Å². The molecule has 2 fully saturated rings. The number of ketones is 1. The van der Waals surface area contributed by atoms with Crippen LogP contribution in [0.2, 0.25) is 0 Å². The third-order valence-corrected chi connectivity index (χ3v) is 10.6. The molecule has 242 valence electrons. The van der Waals surface area contributed by atoms with Gasteiger partial charge < -0.3 is 40.1 Å². The first-order valence-electron chi connectivity index (χ1n) is 15.9. The molecule has 0 bridgehead atoms. The summed E-state index contributed by atoms with van der Waals surface area (Å²) in [6.07, 6.45) is -1.41. The fourth-order valence-electron chi connectivity index (χ4n) is 8.50. The second-order valence-electron chi connectivity index (χ2n) is 13.7. The molecular weight excluding hydrogens is 541 g/mol. The molecule has 6 N–H and O–H groups in total. The number of carbonyl (C=O) groups is 1. The Kier molecular flexibility index (Phi) is 12.4. The molecule has 1 heterocycles. The van der Waals surface area contributed by atoms with Crippen LogP contribution >= 0.6 is 0 Å². The molecule has 0 amide bonds. The van der Waals surface area contributed by atoms with Gasteiger partial charge in [0.2, 0.25) is 0 Å². The topological polar surface area (TPSA) is 157 Å². The summed E-state index contributed by atoms with van der Waals surface area (Å²) in [4.78, 5) is 14.0. The van der Waals surface area contributed by atoms with Crippen LogP contribution in [0.4, 0.5) is 0 Å². The fraction of sp³-hybridized carbons (Fsp3) is 0.848. The summed E-state index contributed by atoms with van der Waals surface area (Å²) in [5, 5.41) is 62.5. The smallest absolute Gasteiger partial charge is 0.186 e. The average Bonchev–Trinajstić information content (AvgIpc) is 2.93. The Labute approximate surface area is 251 Å². The van der Waals surface area contributed by atoms with Crippen LogP contribution in [-0.4, -0.2) is 92.5 Å². The highest BCUT2D eigenvalue weighted by Crippen LogP contribution is 2.58. The summed E-state index contributed by atoms with van der Waals surface area (Å²) in [5.74, 6) is 0.415. The van der Waals surface area contributed by atoms with E-state index >= 15 is 0 Å². The zero-order chi connectivity index (χ0) is 31.5. The minimum Gasteiger partial charge on any atom is -0.396 e. The summed E-state index contributed by atoms with van der Waals surface area (Å²) in [6.45, 7) is 13.4. The van der Waals surface area contributed by atoms with Crippen LogP contribution in [0.3, 0.4) is 0 Å². The highest BCUT2D eigenvalue weighted by molar-refractivity contribution is 5.86. The van der Waals surface area contributed by atoms with E-state index in [4.69, 9.17) is 9.47 Å². The van der Waals surface area contributed by atoms with Crippen molar-refractivity contribution in [1.82, 2.24) is 0 Å². The van der Waals surface area contributed by atoms with E-state index in [1.807, 2.05) is 40.7 Å². The molecule has 0 aromatic rings.